The summed E-state index contributed by atoms with van der Waals surface area (Å²) in [5.74, 6) is -0.243. The molecule has 7 nitrogen and oxygen atoms in total. The van der Waals surface area contributed by atoms with Gasteiger partial charge in [-0.05, 0) is 30.3 Å². The first-order valence-electron chi connectivity index (χ1n) is 7.99. The van der Waals surface area contributed by atoms with Gasteiger partial charge in [-0.2, -0.15) is 0 Å². The molecule has 0 aliphatic heterocycles. The molecule has 4 aromatic rings. The molecule has 1 aromatic carbocycles. The van der Waals surface area contributed by atoms with Gasteiger partial charge in [0, 0.05) is 23.0 Å². The van der Waals surface area contributed by atoms with Crippen LogP contribution in [0.2, 0.25) is 5.02 Å². The summed E-state index contributed by atoms with van der Waals surface area (Å²) >= 11 is 5.95. The van der Waals surface area contributed by atoms with E-state index in [0.717, 1.165) is 0 Å². The Morgan fingerprint density at radius 2 is 2.04 bits per heavy atom. The van der Waals surface area contributed by atoms with Gasteiger partial charge in [0.2, 0.25) is 0 Å². The van der Waals surface area contributed by atoms with Crippen LogP contribution in [0.3, 0.4) is 0 Å². The third kappa shape index (κ3) is 3.15. The zero-order valence-electron chi connectivity index (χ0n) is 14.1. The van der Waals surface area contributed by atoms with Crippen LogP contribution in [0.15, 0.2) is 53.8 Å². The van der Waals surface area contributed by atoms with Crippen LogP contribution in [0, 0.1) is 12.4 Å². The van der Waals surface area contributed by atoms with Crippen LogP contribution in [0.1, 0.15) is 0 Å². The van der Waals surface area contributed by atoms with E-state index in [4.69, 9.17) is 18.2 Å². The fraction of sp³-hybridized carbons (Fsp3) is 0. The fourth-order valence-electron chi connectivity index (χ4n) is 2.74. The maximum absolute atomic E-state index is 14.3. The number of fused-ring (bicyclic) bond motifs is 1. The number of anilines is 2. The number of benzene rings is 1. The van der Waals surface area contributed by atoms with Crippen molar-refractivity contribution in [1.29, 1.82) is 0 Å². The SMILES string of the molecule is [C-]#[N+]c1[nH]c(=O)c(-c2cc(Cl)ccc2F)cc1Nc1ncnc2ccncc12. The van der Waals surface area contributed by atoms with Gasteiger partial charge in [-0.25, -0.2) is 19.2 Å². The molecular weight excluding hydrogens is 383 g/mol. The van der Waals surface area contributed by atoms with E-state index in [1.807, 2.05) is 0 Å². The van der Waals surface area contributed by atoms with Crippen LogP contribution in [-0.2, 0) is 0 Å². The Kier molecular flexibility index (Phi) is 4.43. The minimum atomic E-state index is -0.605. The van der Waals surface area contributed by atoms with E-state index >= 15 is 0 Å². The molecule has 3 aromatic heterocycles. The molecule has 0 unspecified atom stereocenters. The highest BCUT2D eigenvalue weighted by Gasteiger charge is 2.16. The number of aromatic amines is 1. The molecule has 0 bridgehead atoms. The molecular formula is C19H10ClFN6O. The van der Waals surface area contributed by atoms with Crippen LogP contribution in [0.5, 0.6) is 0 Å². The van der Waals surface area contributed by atoms with E-state index in [0.29, 0.717) is 16.7 Å². The van der Waals surface area contributed by atoms with Gasteiger partial charge in [0.05, 0.1) is 22.2 Å². The van der Waals surface area contributed by atoms with E-state index in [1.165, 1.54) is 30.6 Å². The highest BCUT2D eigenvalue weighted by atomic mass is 35.5. The standard InChI is InChI=1S/C19H10ClFN6O/c1-22-18-16(26-17-13-8-23-5-4-15(13)24-9-25-17)7-12(19(28)27-18)11-6-10(20)2-3-14(11)21/h2-9H,(H,27,28)(H,24,25,26). The average molecular weight is 393 g/mol. The highest BCUT2D eigenvalue weighted by Crippen LogP contribution is 2.32. The first-order chi connectivity index (χ1) is 13.6. The second-order valence-corrected chi connectivity index (χ2v) is 6.19. The van der Waals surface area contributed by atoms with Crippen LogP contribution in [0.25, 0.3) is 26.9 Å². The third-order valence-electron chi connectivity index (χ3n) is 4.04. The molecule has 0 radical (unpaired) electrons. The van der Waals surface area contributed by atoms with Crippen molar-refractivity contribution in [3.63, 3.8) is 0 Å². The minimum absolute atomic E-state index is 0.0301. The molecule has 0 spiro atoms. The van der Waals surface area contributed by atoms with Gasteiger partial charge in [0.1, 0.15) is 18.0 Å². The monoisotopic (exact) mass is 392 g/mol. The number of nitrogens with zero attached hydrogens (tertiary/aromatic N) is 4. The highest BCUT2D eigenvalue weighted by molar-refractivity contribution is 6.30. The number of H-pyrrole nitrogens is 1. The maximum atomic E-state index is 14.3. The molecule has 0 amide bonds. The molecule has 2 N–H and O–H groups in total. The summed E-state index contributed by atoms with van der Waals surface area (Å²) in [6.07, 6.45) is 4.55. The summed E-state index contributed by atoms with van der Waals surface area (Å²) < 4.78 is 14.3. The summed E-state index contributed by atoms with van der Waals surface area (Å²) in [4.78, 5) is 30.6. The third-order valence-corrected chi connectivity index (χ3v) is 4.28. The molecule has 9 heteroatoms. The number of hydrogen-bond acceptors (Lipinski definition) is 5. The Labute approximate surface area is 162 Å². The zero-order valence-corrected chi connectivity index (χ0v) is 14.8. The quantitative estimate of drug-likeness (QED) is 0.502. The lowest BCUT2D eigenvalue weighted by atomic mass is 10.1. The number of halogens is 2. The molecule has 0 atom stereocenters. The van der Waals surface area contributed by atoms with Crippen LogP contribution >= 0.6 is 11.6 Å². The van der Waals surface area contributed by atoms with Gasteiger partial charge in [-0.3, -0.25) is 9.97 Å². The molecule has 0 aliphatic rings. The molecule has 4 rings (SSSR count). The van der Waals surface area contributed by atoms with Crippen molar-refractivity contribution in [3.05, 3.63) is 81.7 Å². The molecule has 0 aliphatic carbocycles. The van der Waals surface area contributed by atoms with Crippen molar-refractivity contribution in [3.8, 4) is 11.1 Å². The van der Waals surface area contributed by atoms with Crippen LogP contribution < -0.4 is 10.9 Å². The van der Waals surface area contributed by atoms with E-state index in [1.54, 1.807) is 18.5 Å². The molecule has 136 valence electrons. The minimum Gasteiger partial charge on any atom is -0.362 e. The van der Waals surface area contributed by atoms with Gasteiger partial charge in [-0.15, -0.1) is 0 Å². The van der Waals surface area contributed by atoms with Crippen LogP contribution in [-0.4, -0.2) is 19.9 Å². The Hall–Kier alpha value is -3.83. The lowest BCUT2D eigenvalue weighted by Gasteiger charge is -2.11. The second kappa shape index (κ2) is 7.06. The molecule has 28 heavy (non-hydrogen) atoms. The van der Waals surface area contributed by atoms with Crippen molar-refractivity contribution < 1.29 is 4.39 Å². The largest absolute Gasteiger partial charge is 0.362 e. The molecule has 0 saturated carbocycles. The van der Waals surface area contributed by atoms with Crippen molar-refractivity contribution >= 4 is 39.8 Å². The predicted octanol–water partition coefficient (Wildman–Crippen LogP) is 4.47. The van der Waals surface area contributed by atoms with E-state index in [-0.39, 0.29) is 27.7 Å². The Morgan fingerprint density at radius 3 is 2.86 bits per heavy atom. The van der Waals surface area contributed by atoms with Gasteiger partial charge >= 0.3 is 5.56 Å². The van der Waals surface area contributed by atoms with E-state index < -0.39 is 11.4 Å². The van der Waals surface area contributed by atoms with Crippen molar-refractivity contribution in [2.24, 2.45) is 0 Å². The maximum Gasteiger partial charge on any atom is 0.324 e. The molecule has 3 heterocycles. The molecule has 0 fully saturated rings. The Bertz CT molecular complexity index is 1310. The number of hydrogen-bond donors (Lipinski definition) is 2. The number of rotatable bonds is 3. The summed E-state index contributed by atoms with van der Waals surface area (Å²) in [5, 5.41) is 3.92. The topological polar surface area (TPSA) is 87.9 Å². The van der Waals surface area contributed by atoms with E-state index in [2.05, 4.69) is 30.1 Å². The smallest absolute Gasteiger partial charge is 0.324 e. The van der Waals surface area contributed by atoms with Gasteiger partial charge in [0.25, 0.3) is 5.82 Å². The first kappa shape index (κ1) is 17.6. The van der Waals surface area contributed by atoms with Gasteiger partial charge in [0.15, 0.2) is 0 Å². The van der Waals surface area contributed by atoms with Crippen molar-refractivity contribution in [2.75, 3.05) is 5.32 Å². The van der Waals surface area contributed by atoms with Gasteiger partial charge in [-0.1, -0.05) is 18.2 Å². The lowest BCUT2D eigenvalue weighted by molar-refractivity contribution is 0.631. The summed E-state index contributed by atoms with van der Waals surface area (Å²) in [6.45, 7) is 7.34. The fourth-order valence-corrected chi connectivity index (χ4v) is 2.91. The lowest BCUT2D eigenvalue weighted by Crippen LogP contribution is -2.11. The van der Waals surface area contributed by atoms with Crippen molar-refractivity contribution in [2.45, 2.75) is 0 Å². The second-order valence-electron chi connectivity index (χ2n) is 5.75. The number of pyridine rings is 2. The van der Waals surface area contributed by atoms with E-state index in [9.17, 15) is 9.18 Å². The number of aromatic nitrogens is 4. The summed E-state index contributed by atoms with van der Waals surface area (Å²) in [5.41, 5.74) is 0.371. The summed E-state index contributed by atoms with van der Waals surface area (Å²) in [7, 11) is 0. The van der Waals surface area contributed by atoms with Crippen LogP contribution in [0.4, 0.5) is 21.7 Å². The Morgan fingerprint density at radius 1 is 1.18 bits per heavy atom. The van der Waals surface area contributed by atoms with Crippen molar-refractivity contribution in [1.82, 2.24) is 19.9 Å². The first-order valence-corrected chi connectivity index (χ1v) is 8.36. The Balaban J connectivity index is 1.88. The predicted molar refractivity (Wildman–Crippen MR) is 104 cm³/mol. The normalized spacial score (nSPS) is 10.6. The van der Waals surface area contributed by atoms with Gasteiger partial charge < -0.3 is 10.2 Å². The average Bonchev–Trinajstić information content (AvgIpc) is 2.71. The molecule has 0 saturated heterocycles. The summed E-state index contributed by atoms with van der Waals surface area (Å²) in [6, 6.07) is 7.04. The number of nitrogens with one attached hydrogen (secondary N) is 2. The zero-order chi connectivity index (χ0) is 19.7.